The highest BCUT2D eigenvalue weighted by Gasteiger charge is 2.06. The molecule has 0 aliphatic rings. The Labute approximate surface area is 124 Å². The number of phenolic OH excluding ortho intramolecular Hbond substituents is 1. The molecule has 5 heteroatoms. The molecule has 0 aliphatic carbocycles. The Morgan fingerprint density at radius 3 is 2.74 bits per heavy atom. The predicted molar refractivity (Wildman–Crippen MR) is 79.6 cm³/mol. The summed E-state index contributed by atoms with van der Waals surface area (Å²) < 4.78 is 0.726. The summed E-state index contributed by atoms with van der Waals surface area (Å²) in [5, 5.41) is 12.7. The van der Waals surface area contributed by atoms with E-state index in [0.29, 0.717) is 10.7 Å². The largest absolute Gasteiger partial charge is 0.508 e. The summed E-state index contributed by atoms with van der Waals surface area (Å²) in [5.41, 5.74) is 1.42. The first-order chi connectivity index (χ1) is 9.04. The van der Waals surface area contributed by atoms with Crippen molar-refractivity contribution < 1.29 is 9.90 Å². The van der Waals surface area contributed by atoms with E-state index in [1.54, 1.807) is 42.5 Å². The SMILES string of the molecule is O=C(Cc1cccc(O)c1)Nc1ccc(Cl)c(Br)c1. The van der Waals surface area contributed by atoms with Crippen LogP contribution in [0.25, 0.3) is 0 Å². The van der Waals surface area contributed by atoms with Gasteiger partial charge in [-0.3, -0.25) is 4.79 Å². The van der Waals surface area contributed by atoms with Crippen molar-refractivity contribution in [3.05, 3.63) is 57.5 Å². The maximum Gasteiger partial charge on any atom is 0.228 e. The van der Waals surface area contributed by atoms with Gasteiger partial charge in [-0.05, 0) is 51.8 Å². The predicted octanol–water partition coefficient (Wildman–Crippen LogP) is 3.99. The fourth-order valence-electron chi connectivity index (χ4n) is 1.63. The molecule has 0 spiro atoms. The van der Waals surface area contributed by atoms with Crippen LogP contribution >= 0.6 is 27.5 Å². The average Bonchev–Trinajstić information content (AvgIpc) is 2.34. The number of amides is 1. The van der Waals surface area contributed by atoms with Crippen LogP contribution < -0.4 is 5.32 Å². The molecule has 1 amide bonds. The fraction of sp³-hybridized carbons (Fsp3) is 0.0714. The van der Waals surface area contributed by atoms with Crippen molar-refractivity contribution in [2.75, 3.05) is 5.32 Å². The molecule has 0 bridgehead atoms. The van der Waals surface area contributed by atoms with Gasteiger partial charge in [-0.1, -0.05) is 23.7 Å². The second-order valence-electron chi connectivity index (χ2n) is 4.02. The van der Waals surface area contributed by atoms with E-state index < -0.39 is 0 Å². The first kappa shape index (κ1) is 13.9. The first-order valence-corrected chi connectivity index (χ1v) is 6.74. The summed E-state index contributed by atoms with van der Waals surface area (Å²) in [7, 11) is 0. The van der Waals surface area contributed by atoms with Gasteiger partial charge in [0.1, 0.15) is 5.75 Å². The van der Waals surface area contributed by atoms with Crippen LogP contribution in [0.15, 0.2) is 46.9 Å². The Hall–Kier alpha value is -1.52. The number of carbonyl (C=O) groups is 1. The maximum absolute atomic E-state index is 11.8. The average molecular weight is 341 g/mol. The van der Waals surface area contributed by atoms with Gasteiger partial charge in [0.05, 0.1) is 11.4 Å². The number of hydrogen-bond donors (Lipinski definition) is 2. The van der Waals surface area contributed by atoms with Gasteiger partial charge in [-0.25, -0.2) is 0 Å². The van der Waals surface area contributed by atoms with Gasteiger partial charge in [0.15, 0.2) is 0 Å². The van der Waals surface area contributed by atoms with E-state index in [2.05, 4.69) is 21.2 Å². The summed E-state index contributed by atoms with van der Waals surface area (Å²) >= 11 is 9.17. The first-order valence-electron chi connectivity index (χ1n) is 5.57. The minimum absolute atomic E-state index is 0.152. The molecule has 0 atom stereocenters. The van der Waals surface area contributed by atoms with Gasteiger partial charge in [0, 0.05) is 10.2 Å². The van der Waals surface area contributed by atoms with Crippen molar-refractivity contribution in [2.45, 2.75) is 6.42 Å². The molecule has 98 valence electrons. The highest BCUT2D eigenvalue weighted by molar-refractivity contribution is 9.10. The minimum Gasteiger partial charge on any atom is -0.508 e. The number of anilines is 1. The molecular formula is C14H11BrClNO2. The Morgan fingerprint density at radius 1 is 1.26 bits per heavy atom. The van der Waals surface area contributed by atoms with Crippen LogP contribution in [0.1, 0.15) is 5.56 Å². The molecule has 2 aromatic carbocycles. The van der Waals surface area contributed by atoms with Crippen molar-refractivity contribution >= 4 is 39.1 Å². The Balaban J connectivity index is 2.03. The van der Waals surface area contributed by atoms with Crippen molar-refractivity contribution in [1.82, 2.24) is 0 Å². The zero-order valence-corrected chi connectivity index (χ0v) is 12.2. The highest BCUT2D eigenvalue weighted by atomic mass is 79.9. The lowest BCUT2D eigenvalue weighted by molar-refractivity contribution is -0.115. The molecule has 0 aromatic heterocycles. The highest BCUT2D eigenvalue weighted by Crippen LogP contribution is 2.25. The molecule has 0 radical (unpaired) electrons. The molecule has 0 fully saturated rings. The van der Waals surface area contributed by atoms with Gasteiger partial charge >= 0.3 is 0 Å². The lowest BCUT2D eigenvalue weighted by Crippen LogP contribution is -2.14. The molecule has 2 N–H and O–H groups in total. The number of halogens is 2. The number of nitrogens with one attached hydrogen (secondary N) is 1. The lowest BCUT2D eigenvalue weighted by Gasteiger charge is -2.06. The van der Waals surface area contributed by atoms with Crippen LogP contribution in [0, 0.1) is 0 Å². The smallest absolute Gasteiger partial charge is 0.228 e. The number of phenols is 1. The minimum atomic E-state index is -0.153. The van der Waals surface area contributed by atoms with Crippen molar-refractivity contribution in [3.63, 3.8) is 0 Å². The number of benzene rings is 2. The standard InChI is InChI=1S/C14H11BrClNO2/c15-12-8-10(4-5-13(12)16)17-14(19)7-9-2-1-3-11(18)6-9/h1-6,8,18H,7H2,(H,17,19). The molecular weight excluding hydrogens is 330 g/mol. The van der Waals surface area contributed by atoms with E-state index in [1.807, 2.05) is 0 Å². The molecule has 19 heavy (non-hydrogen) atoms. The third kappa shape index (κ3) is 3.98. The summed E-state index contributed by atoms with van der Waals surface area (Å²) in [6.07, 6.45) is 0.203. The second-order valence-corrected chi connectivity index (χ2v) is 5.29. The Morgan fingerprint density at radius 2 is 2.05 bits per heavy atom. The number of aromatic hydroxyl groups is 1. The molecule has 0 aliphatic heterocycles. The monoisotopic (exact) mass is 339 g/mol. The second kappa shape index (κ2) is 6.08. The van der Waals surface area contributed by atoms with E-state index in [0.717, 1.165) is 10.0 Å². The van der Waals surface area contributed by atoms with E-state index in [9.17, 15) is 9.90 Å². The van der Waals surface area contributed by atoms with Crippen molar-refractivity contribution in [2.24, 2.45) is 0 Å². The number of hydrogen-bond acceptors (Lipinski definition) is 2. The van der Waals surface area contributed by atoms with Crippen molar-refractivity contribution in [3.8, 4) is 5.75 Å². The Bertz CT molecular complexity index is 616. The molecule has 0 unspecified atom stereocenters. The van der Waals surface area contributed by atoms with Crippen LogP contribution in [-0.4, -0.2) is 11.0 Å². The Kier molecular flexibility index (Phi) is 4.45. The van der Waals surface area contributed by atoms with Gasteiger partial charge in [0.25, 0.3) is 0 Å². The third-order valence-electron chi connectivity index (χ3n) is 2.48. The van der Waals surface area contributed by atoms with Gasteiger partial charge < -0.3 is 10.4 Å². The summed E-state index contributed by atoms with van der Waals surface area (Å²) in [4.78, 5) is 11.8. The third-order valence-corrected chi connectivity index (χ3v) is 3.69. The van der Waals surface area contributed by atoms with E-state index in [-0.39, 0.29) is 18.1 Å². The molecule has 2 aromatic rings. The normalized spacial score (nSPS) is 10.2. The molecule has 0 saturated carbocycles. The van der Waals surface area contributed by atoms with Crippen LogP contribution in [-0.2, 0) is 11.2 Å². The van der Waals surface area contributed by atoms with Crippen LogP contribution in [0.5, 0.6) is 5.75 Å². The number of carbonyl (C=O) groups excluding carboxylic acids is 1. The van der Waals surface area contributed by atoms with Crippen LogP contribution in [0.4, 0.5) is 5.69 Å². The summed E-state index contributed by atoms with van der Waals surface area (Å²) in [6.45, 7) is 0. The fourth-order valence-corrected chi connectivity index (χ4v) is 2.13. The summed E-state index contributed by atoms with van der Waals surface area (Å²) in [5.74, 6) is -0.000593. The topological polar surface area (TPSA) is 49.3 Å². The van der Waals surface area contributed by atoms with Crippen molar-refractivity contribution in [1.29, 1.82) is 0 Å². The van der Waals surface area contributed by atoms with E-state index in [4.69, 9.17) is 11.6 Å². The summed E-state index contributed by atoms with van der Waals surface area (Å²) in [6, 6.07) is 11.8. The van der Waals surface area contributed by atoms with Crippen LogP contribution in [0.3, 0.4) is 0 Å². The van der Waals surface area contributed by atoms with E-state index >= 15 is 0 Å². The zero-order valence-electron chi connectivity index (χ0n) is 9.86. The van der Waals surface area contributed by atoms with Gasteiger partial charge in [0.2, 0.25) is 5.91 Å². The quantitative estimate of drug-likeness (QED) is 0.887. The number of rotatable bonds is 3. The van der Waals surface area contributed by atoms with E-state index in [1.165, 1.54) is 0 Å². The van der Waals surface area contributed by atoms with Gasteiger partial charge in [-0.15, -0.1) is 0 Å². The molecule has 0 saturated heterocycles. The molecule has 3 nitrogen and oxygen atoms in total. The van der Waals surface area contributed by atoms with Crippen LogP contribution in [0.2, 0.25) is 5.02 Å². The maximum atomic E-state index is 11.8. The zero-order chi connectivity index (χ0) is 13.8. The molecule has 0 heterocycles. The molecule has 2 rings (SSSR count). The lowest BCUT2D eigenvalue weighted by atomic mass is 10.1. The van der Waals surface area contributed by atoms with Gasteiger partial charge in [-0.2, -0.15) is 0 Å².